The van der Waals surface area contributed by atoms with Gasteiger partial charge in [0.25, 0.3) is 5.91 Å². The summed E-state index contributed by atoms with van der Waals surface area (Å²) in [6, 6.07) is 2.52. The molecule has 1 aliphatic carbocycles. The van der Waals surface area contributed by atoms with Gasteiger partial charge in [-0.2, -0.15) is 13.2 Å². The average Bonchev–Trinajstić information content (AvgIpc) is 2.81. The molecule has 0 bridgehead atoms. The van der Waals surface area contributed by atoms with Crippen molar-refractivity contribution < 1.29 is 27.5 Å². The van der Waals surface area contributed by atoms with Gasteiger partial charge in [0.2, 0.25) is 0 Å². The van der Waals surface area contributed by atoms with E-state index >= 15 is 0 Å². The van der Waals surface area contributed by atoms with Crippen molar-refractivity contribution in [3.63, 3.8) is 0 Å². The lowest BCUT2D eigenvalue weighted by Crippen LogP contribution is -2.61. The number of rotatable bonds is 3. The normalized spacial score (nSPS) is 18.9. The second kappa shape index (κ2) is 9.37. The maximum atomic E-state index is 13.8. The Bertz CT molecular complexity index is 1080. The zero-order chi connectivity index (χ0) is 23.8. The predicted octanol–water partition coefficient (Wildman–Crippen LogP) is 5.00. The van der Waals surface area contributed by atoms with E-state index in [-0.39, 0.29) is 25.3 Å². The smallest absolute Gasteiger partial charge is 0.410 e. The van der Waals surface area contributed by atoms with Gasteiger partial charge in [-0.1, -0.05) is 24.6 Å². The van der Waals surface area contributed by atoms with Crippen LogP contribution in [0, 0.1) is 0 Å². The van der Waals surface area contributed by atoms with Crippen molar-refractivity contribution in [3.05, 3.63) is 40.0 Å². The van der Waals surface area contributed by atoms with E-state index in [4.69, 9.17) is 16.3 Å². The molecule has 2 aliphatic rings. The fourth-order valence-electron chi connectivity index (χ4n) is 4.42. The lowest BCUT2D eigenvalue weighted by Gasteiger charge is -2.41. The van der Waals surface area contributed by atoms with Gasteiger partial charge in [0.15, 0.2) is 0 Å². The number of piperazine rings is 1. The Hall–Kier alpha value is -2.55. The van der Waals surface area contributed by atoms with Crippen molar-refractivity contribution in [2.75, 3.05) is 26.2 Å². The number of carbonyl (C=O) groups is 2. The first-order chi connectivity index (χ1) is 15.7. The summed E-state index contributed by atoms with van der Waals surface area (Å²) in [5.74, 6) is -0.753. The summed E-state index contributed by atoms with van der Waals surface area (Å²) in [6.45, 7) is 0.977. The Labute approximate surface area is 194 Å². The fourth-order valence-corrected chi connectivity index (χ4v) is 4.78. The third-order valence-electron chi connectivity index (χ3n) is 6.15. The van der Waals surface area contributed by atoms with Crippen molar-refractivity contribution in [2.24, 2.45) is 0 Å². The van der Waals surface area contributed by atoms with Gasteiger partial charge in [0.1, 0.15) is 6.04 Å². The first-order valence-electron chi connectivity index (χ1n) is 11.1. The molecule has 1 unspecified atom stereocenters. The van der Waals surface area contributed by atoms with Crippen LogP contribution >= 0.6 is 11.6 Å². The Morgan fingerprint density at radius 1 is 1.21 bits per heavy atom. The van der Waals surface area contributed by atoms with E-state index in [1.807, 2.05) is 0 Å². The van der Waals surface area contributed by atoms with Crippen molar-refractivity contribution in [1.29, 1.82) is 0 Å². The van der Waals surface area contributed by atoms with Crippen LogP contribution < -0.4 is 0 Å². The molecule has 1 aromatic carbocycles. The summed E-state index contributed by atoms with van der Waals surface area (Å²) < 4.78 is 46.5. The molecule has 4 rings (SSSR count). The highest BCUT2D eigenvalue weighted by Gasteiger charge is 2.49. The van der Waals surface area contributed by atoms with E-state index in [9.17, 15) is 22.8 Å². The second-order valence-corrected chi connectivity index (χ2v) is 8.78. The molecule has 2 amide bonds. The number of pyridine rings is 1. The Morgan fingerprint density at radius 3 is 2.70 bits per heavy atom. The number of ether oxygens (including phenoxy) is 1. The number of carbonyl (C=O) groups excluding carboxylic acids is 2. The minimum absolute atomic E-state index is 0.0357. The van der Waals surface area contributed by atoms with Gasteiger partial charge in [-0.15, -0.1) is 0 Å². The molecule has 33 heavy (non-hydrogen) atoms. The minimum atomic E-state index is -4.70. The van der Waals surface area contributed by atoms with Crippen LogP contribution in [-0.2, 0) is 17.6 Å². The molecule has 6 nitrogen and oxygen atoms in total. The molecule has 0 saturated carbocycles. The van der Waals surface area contributed by atoms with Gasteiger partial charge in [-0.05, 0) is 49.8 Å². The number of nitrogens with zero attached hydrogens (tertiary/aromatic N) is 3. The van der Waals surface area contributed by atoms with Crippen LogP contribution in [0.5, 0.6) is 0 Å². The second-order valence-electron chi connectivity index (χ2n) is 8.41. The van der Waals surface area contributed by atoms with Crippen LogP contribution in [0.4, 0.5) is 18.0 Å². The van der Waals surface area contributed by atoms with E-state index in [0.717, 1.165) is 46.7 Å². The minimum Gasteiger partial charge on any atom is -0.449 e. The first-order valence-corrected chi connectivity index (χ1v) is 11.5. The molecule has 2 aromatic rings. The summed E-state index contributed by atoms with van der Waals surface area (Å²) in [4.78, 5) is 31.7. The summed E-state index contributed by atoms with van der Waals surface area (Å²) in [6.07, 6.45) is -1.27. The Balaban J connectivity index is 1.61. The quantitative estimate of drug-likeness (QED) is 0.616. The third-order valence-corrected chi connectivity index (χ3v) is 6.58. The molecule has 0 N–H and O–H groups in total. The van der Waals surface area contributed by atoms with Crippen molar-refractivity contribution in [2.45, 2.75) is 51.2 Å². The van der Waals surface area contributed by atoms with Gasteiger partial charge >= 0.3 is 12.3 Å². The highest BCUT2D eigenvalue weighted by molar-refractivity contribution is 6.36. The van der Waals surface area contributed by atoms with E-state index in [1.54, 1.807) is 13.0 Å². The topological polar surface area (TPSA) is 62.7 Å². The maximum Gasteiger partial charge on any atom is 0.410 e. The molecule has 178 valence electrons. The average molecular weight is 484 g/mol. The summed E-state index contributed by atoms with van der Waals surface area (Å²) in [5, 5.41) is 1.28. The molecule has 1 aliphatic heterocycles. The molecule has 1 aromatic heterocycles. The number of halogens is 4. The van der Waals surface area contributed by atoms with Crippen molar-refractivity contribution >= 4 is 34.5 Å². The molecule has 1 saturated heterocycles. The first kappa shape index (κ1) is 23.6. The van der Waals surface area contributed by atoms with E-state index in [0.29, 0.717) is 22.3 Å². The molecule has 1 fully saturated rings. The fraction of sp³-hybridized carbons (Fsp3) is 0.522. The van der Waals surface area contributed by atoms with Gasteiger partial charge in [-0.25, -0.2) is 4.79 Å². The van der Waals surface area contributed by atoms with E-state index < -0.39 is 30.8 Å². The standard InChI is InChI=1S/C23H25ClF3N3O3/c1-2-11-33-22(32)29-9-10-30(19(13-29)23(25,26)27)21(31)14-7-8-16-18(12-14)28-17-6-4-3-5-15(17)20(16)24/h7-8,12,19H,2-6,9-11,13H2,1H3. The number of aryl methyl sites for hydroxylation is 1. The number of hydrogen-bond donors (Lipinski definition) is 0. The molecule has 2 heterocycles. The lowest BCUT2D eigenvalue weighted by atomic mass is 9.94. The number of benzene rings is 1. The van der Waals surface area contributed by atoms with E-state index in [1.165, 1.54) is 12.1 Å². The Kier molecular flexibility index (Phi) is 6.70. The van der Waals surface area contributed by atoms with Crippen LogP contribution in [0.25, 0.3) is 10.9 Å². The Morgan fingerprint density at radius 2 is 1.97 bits per heavy atom. The number of hydrogen-bond acceptors (Lipinski definition) is 4. The number of amides is 2. The monoisotopic (exact) mass is 483 g/mol. The van der Waals surface area contributed by atoms with Crippen LogP contribution in [0.15, 0.2) is 18.2 Å². The largest absolute Gasteiger partial charge is 0.449 e. The highest BCUT2D eigenvalue weighted by Crippen LogP contribution is 2.34. The molecule has 0 radical (unpaired) electrons. The van der Waals surface area contributed by atoms with Gasteiger partial charge < -0.3 is 14.5 Å². The molecule has 0 spiro atoms. The predicted molar refractivity (Wildman–Crippen MR) is 117 cm³/mol. The van der Waals surface area contributed by atoms with Gasteiger partial charge in [0, 0.05) is 29.7 Å². The lowest BCUT2D eigenvalue weighted by molar-refractivity contribution is -0.186. The van der Waals surface area contributed by atoms with Crippen LogP contribution in [0.1, 0.15) is 47.8 Å². The van der Waals surface area contributed by atoms with Gasteiger partial charge in [0.05, 0.1) is 23.7 Å². The van der Waals surface area contributed by atoms with E-state index in [2.05, 4.69) is 4.98 Å². The van der Waals surface area contributed by atoms with Gasteiger partial charge in [-0.3, -0.25) is 9.78 Å². The summed E-state index contributed by atoms with van der Waals surface area (Å²) in [5.41, 5.74) is 2.50. The molecule has 1 atom stereocenters. The van der Waals surface area contributed by atoms with Crippen LogP contribution in [-0.4, -0.2) is 65.2 Å². The highest BCUT2D eigenvalue weighted by atomic mass is 35.5. The van der Waals surface area contributed by atoms with Crippen LogP contribution in [0.3, 0.4) is 0 Å². The molecule has 10 heteroatoms. The molecular formula is C23H25ClF3N3O3. The maximum absolute atomic E-state index is 13.8. The van der Waals surface area contributed by atoms with Crippen LogP contribution in [0.2, 0.25) is 5.02 Å². The molecular weight excluding hydrogens is 459 g/mol. The number of fused-ring (bicyclic) bond motifs is 2. The summed E-state index contributed by atoms with van der Waals surface area (Å²) in [7, 11) is 0. The summed E-state index contributed by atoms with van der Waals surface area (Å²) >= 11 is 6.57. The third kappa shape index (κ3) is 4.74. The SMILES string of the molecule is CCCOC(=O)N1CCN(C(=O)c2ccc3c(Cl)c4c(nc3c2)CCCC4)C(C(F)(F)F)C1. The zero-order valence-corrected chi connectivity index (χ0v) is 19.0. The number of alkyl halides is 3. The number of aromatic nitrogens is 1. The van der Waals surface area contributed by atoms with Crippen molar-refractivity contribution in [3.8, 4) is 0 Å². The zero-order valence-electron chi connectivity index (χ0n) is 18.3. The van der Waals surface area contributed by atoms with Crippen molar-refractivity contribution in [1.82, 2.24) is 14.8 Å².